The smallest absolute Gasteiger partial charge is 0.353 e. The highest BCUT2D eigenvalue weighted by molar-refractivity contribution is 8.08. The number of β-lactam (4-membered cyclic amide) rings is 1. The molecule has 0 aromatic carbocycles. The van der Waals surface area contributed by atoms with Gasteiger partial charge in [-0.25, -0.2) is 4.79 Å². The summed E-state index contributed by atoms with van der Waals surface area (Å²) in [5.74, 6) is -0.891. The Hall–Kier alpha value is -1.77. The van der Waals surface area contributed by atoms with Gasteiger partial charge in [-0.3, -0.25) is 14.7 Å². The minimum Gasteiger partial charge on any atom is -0.477 e. The summed E-state index contributed by atoms with van der Waals surface area (Å²) in [7, 11) is 0. The zero-order valence-electron chi connectivity index (χ0n) is 11.4. The van der Waals surface area contributed by atoms with E-state index in [2.05, 4.69) is 4.98 Å². The van der Waals surface area contributed by atoms with E-state index in [9.17, 15) is 14.7 Å². The second-order valence-electron chi connectivity index (χ2n) is 4.72. The minimum absolute atomic E-state index is 0.0521. The van der Waals surface area contributed by atoms with E-state index in [1.807, 2.05) is 18.2 Å². The molecular formula is C14H13N3O3S2. The molecule has 1 saturated heterocycles. The number of nitrogens with zero attached hydrogens (tertiary/aromatic N) is 2. The third-order valence-electron chi connectivity index (χ3n) is 3.33. The Bertz CT molecular complexity index is 675. The average molecular weight is 335 g/mol. The first-order chi connectivity index (χ1) is 10.6. The predicted octanol–water partition coefficient (Wildman–Crippen LogP) is 1.32. The number of carboxylic acids is 1. The van der Waals surface area contributed by atoms with Crippen molar-refractivity contribution in [3.05, 3.63) is 46.1 Å². The molecule has 0 bridgehead atoms. The molecule has 1 aromatic heterocycles. The zero-order valence-corrected chi connectivity index (χ0v) is 13.0. The van der Waals surface area contributed by atoms with Crippen LogP contribution >= 0.6 is 23.5 Å². The van der Waals surface area contributed by atoms with Gasteiger partial charge in [0.2, 0.25) is 5.91 Å². The van der Waals surface area contributed by atoms with Crippen molar-refractivity contribution < 1.29 is 14.7 Å². The van der Waals surface area contributed by atoms with Crippen molar-refractivity contribution >= 4 is 41.5 Å². The molecule has 3 heterocycles. The number of pyridine rings is 1. The lowest BCUT2D eigenvalue weighted by Crippen LogP contribution is -2.68. The summed E-state index contributed by atoms with van der Waals surface area (Å²) in [5.41, 5.74) is 6.68. The molecule has 1 unspecified atom stereocenters. The molecule has 1 aromatic rings. The van der Waals surface area contributed by atoms with Gasteiger partial charge in [0.25, 0.3) is 0 Å². The molecule has 0 radical (unpaired) electrons. The summed E-state index contributed by atoms with van der Waals surface area (Å²) in [6.07, 6.45) is 5.25. The van der Waals surface area contributed by atoms with Gasteiger partial charge in [0, 0.05) is 23.1 Å². The number of carboxylic acid groups (broad SMARTS) is 1. The van der Waals surface area contributed by atoms with Crippen molar-refractivity contribution in [3.63, 3.8) is 0 Å². The van der Waals surface area contributed by atoms with Gasteiger partial charge in [0.15, 0.2) is 0 Å². The van der Waals surface area contributed by atoms with Gasteiger partial charge in [-0.2, -0.15) is 0 Å². The second-order valence-corrected chi connectivity index (χ2v) is 6.83. The first-order valence-corrected chi connectivity index (χ1v) is 8.42. The van der Waals surface area contributed by atoms with E-state index >= 15 is 0 Å². The summed E-state index contributed by atoms with van der Waals surface area (Å²) in [6.45, 7) is 0. The van der Waals surface area contributed by atoms with Gasteiger partial charge in [-0.15, -0.1) is 11.8 Å². The second kappa shape index (κ2) is 6.15. The fourth-order valence-corrected chi connectivity index (χ4v) is 4.55. The van der Waals surface area contributed by atoms with Crippen LogP contribution in [0.25, 0.3) is 6.08 Å². The lowest BCUT2D eigenvalue weighted by molar-refractivity contribution is -0.147. The number of aliphatic carboxylic acids is 1. The minimum atomic E-state index is -1.09. The lowest BCUT2D eigenvalue weighted by Gasteiger charge is -2.47. The molecule has 1 amide bonds. The van der Waals surface area contributed by atoms with E-state index in [4.69, 9.17) is 5.73 Å². The Morgan fingerprint density at radius 2 is 2.41 bits per heavy atom. The van der Waals surface area contributed by atoms with Crippen LogP contribution in [0, 0.1) is 0 Å². The SMILES string of the molecule is NC1C(=O)N2C(C(=O)O)=C(S/C=C\c3cccnc3)CS[C@@H]12. The Morgan fingerprint density at radius 1 is 1.59 bits per heavy atom. The third-order valence-corrected chi connectivity index (χ3v) is 5.71. The molecule has 8 heteroatoms. The van der Waals surface area contributed by atoms with Crippen LogP contribution in [0.2, 0.25) is 0 Å². The maximum atomic E-state index is 11.8. The topological polar surface area (TPSA) is 96.5 Å². The summed E-state index contributed by atoms with van der Waals surface area (Å²) in [6, 6.07) is 3.13. The predicted molar refractivity (Wildman–Crippen MR) is 86.6 cm³/mol. The Balaban J connectivity index is 1.80. The number of fused-ring (bicyclic) bond motifs is 1. The van der Waals surface area contributed by atoms with Crippen molar-refractivity contribution in [1.82, 2.24) is 9.88 Å². The maximum Gasteiger partial charge on any atom is 0.353 e. The van der Waals surface area contributed by atoms with E-state index in [0.717, 1.165) is 5.56 Å². The highest BCUT2D eigenvalue weighted by atomic mass is 32.2. The van der Waals surface area contributed by atoms with Crippen molar-refractivity contribution in [2.75, 3.05) is 5.75 Å². The number of carbonyl (C=O) groups is 2. The normalized spacial score (nSPS) is 24.4. The van der Waals surface area contributed by atoms with Crippen LogP contribution < -0.4 is 5.73 Å². The molecule has 2 aliphatic rings. The molecule has 22 heavy (non-hydrogen) atoms. The summed E-state index contributed by atoms with van der Waals surface area (Å²) in [5, 5.41) is 10.9. The molecule has 2 aliphatic heterocycles. The van der Waals surface area contributed by atoms with Gasteiger partial charge >= 0.3 is 5.97 Å². The first-order valence-electron chi connectivity index (χ1n) is 6.49. The quantitative estimate of drug-likeness (QED) is 0.801. The average Bonchev–Trinajstić information content (AvgIpc) is 2.54. The molecule has 2 atom stereocenters. The molecule has 6 nitrogen and oxygen atoms in total. The number of amides is 1. The Kier molecular flexibility index (Phi) is 4.23. The third kappa shape index (κ3) is 2.65. The summed E-state index contributed by atoms with van der Waals surface area (Å²) in [4.78, 5) is 29.2. The molecule has 3 rings (SSSR count). The highest BCUT2D eigenvalue weighted by Crippen LogP contribution is 2.42. The highest BCUT2D eigenvalue weighted by Gasteiger charge is 2.51. The molecule has 3 N–H and O–H groups in total. The van der Waals surface area contributed by atoms with Crippen molar-refractivity contribution in [2.24, 2.45) is 5.73 Å². The van der Waals surface area contributed by atoms with Crippen LogP contribution in [-0.4, -0.2) is 44.0 Å². The van der Waals surface area contributed by atoms with Crippen LogP contribution in [0.3, 0.4) is 0 Å². The number of nitrogens with two attached hydrogens (primary N) is 1. The van der Waals surface area contributed by atoms with Crippen LogP contribution in [0.1, 0.15) is 5.56 Å². The van der Waals surface area contributed by atoms with Crippen LogP contribution in [0.4, 0.5) is 0 Å². The molecular weight excluding hydrogens is 322 g/mol. The van der Waals surface area contributed by atoms with Crippen LogP contribution in [0.5, 0.6) is 0 Å². The van der Waals surface area contributed by atoms with Crippen LogP contribution in [0.15, 0.2) is 40.5 Å². The van der Waals surface area contributed by atoms with Gasteiger partial charge < -0.3 is 10.8 Å². The lowest BCUT2D eigenvalue weighted by atomic mass is 10.1. The Labute approximate surface area is 135 Å². The van der Waals surface area contributed by atoms with Gasteiger partial charge in [-0.1, -0.05) is 17.8 Å². The standard InChI is InChI=1S/C14H13N3O3S2/c15-10-12(18)17-11(14(19)20)9(7-22-13(10)17)21-5-3-8-2-1-4-16-6-8/h1-6,10,13H,7,15H2,(H,19,20)/b5-3-/t10?,13-/m0/s1. The van der Waals surface area contributed by atoms with Crippen molar-refractivity contribution in [1.29, 1.82) is 0 Å². The number of rotatable bonds is 4. The van der Waals surface area contributed by atoms with Gasteiger partial charge in [0.1, 0.15) is 17.1 Å². The molecule has 0 saturated carbocycles. The summed E-state index contributed by atoms with van der Waals surface area (Å²) >= 11 is 2.80. The fraction of sp³-hybridized carbons (Fsp3) is 0.214. The number of hydrogen-bond donors (Lipinski definition) is 2. The molecule has 0 spiro atoms. The number of hydrogen-bond acceptors (Lipinski definition) is 6. The Morgan fingerprint density at radius 3 is 3.09 bits per heavy atom. The van der Waals surface area contributed by atoms with Crippen LogP contribution in [-0.2, 0) is 9.59 Å². The molecule has 0 aliphatic carbocycles. The summed E-state index contributed by atoms with van der Waals surface area (Å²) < 4.78 is 0. The number of carbonyl (C=O) groups excluding carboxylic acids is 1. The van der Waals surface area contributed by atoms with Gasteiger partial charge in [-0.05, 0) is 23.1 Å². The van der Waals surface area contributed by atoms with E-state index in [1.54, 1.807) is 17.8 Å². The van der Waals surface area contributed by atoms with E-state index < -0.39 is 12.0 Å². The first kappa shape index (κ1) is 15.1. The van der Waals surface area contributed by atoms with E-state index in [-0.39, 0.29) is 17.0 Å². The van der Waals surface area contributed by atoms with E-state index in [1.165, 1.54) is 28.4 Å². The number of aromatic nitrogens is 1. The maximum absolute atomic E-state index is 11.8. The zero-order chi connectivity index (χ0) is 15.7. The van der Waals surface area contributed by atoms with Crippen molar-refractivity contribution in [3.8, 4) is 0 Å². The fourth-order valence-electron chi connectivity index (χ4n) is 2.25. The molecule has 1 fully saturated rings. The monoisotopic (exact) mass is 335 g/mol. The van der Waals surface area contributed by atoms with Crippen molar-refractivity contribution in [2.45, 2.75) is 11.4 Å². The number of thioether (sulfide) groups is 2. The van der Waals surface area contributed by atoms with E-state index in [0.29, 0.717) is 10.7 Å². The van der Waals surface area contributed by atoms with Gasteiger partial charge in [0.05, 0.1) is 0 Å². The largest absolute Gasteiger partial charge is 0.477 e. The molecule has 114 valence electrons.